The average Bonchev–Trinajstić information content (AvgIpc) is 3.62. The molecule has 4 aromatic carbocycles. The van der Waals surface area contributed by atoms with Gasteiger partial charge in [-0.3, -0.25) is 9.98 Å². The summed E-state index contributed by atoms with van der Waals surface area (Å²) in [5, 5.41) is 15.5. The quantitative estimate of drug-likeness (QED) is 0.176. The van der Waals surface area contributed by atoms with Gasteiger partial charge < -0.3 is 10.2 Å². The molecule has 194 valence electrons. The molecule has 0 saturated heterocycles. The molecule has 0 fully saturated rings. The third kappa shape index (κ3) is 8.23. The van der Waals surface area contributed by atoms with E-state index in [-0.39, 0.29) is 0 Å². The first-order valence-corrected chi connectivity index (χ1v) is 16.4. The van der Waals surface area contributed by atoms with Gasteiger partial charge in [0, 0.05) is 24.6 Å². The maximum atomic E-state index is 8.58. The third-order valence-electron chi connectivity index (χ3n) is 6.79. The van der Waals surface area contributed by atoms with Gasteiger partial charge in [-0.1, -0.05) is 36.4 Å². The molecular formula is C32H32N2O4U+4. The first-order chi connectivity index (χ1) is 19.1. The predicted octanol–water partition coefficient (Wildman–Crippen LogP) is 6.49. The SMILES string of the molecule is [OH2+]c1ccccc1C=Nc1ccc2c(c1)CCC2.[OH2+]c1ccccc1C=Nc1ccc2c(c1)CCC2.[O]=[U+2]=[O]. The van der Waals surface area contributed by atoms with E-state index in [9.17, 15) is 0 Å². The first-order valence-electron chi connectivity index (χ1n) is 13.0. The van der Waals surface area contributed by atoms with E-state index in [4.69, 9.17) is 14.7 Å². The van der Waals surface area contributed by atoms with Crippen molar-refractivity contribution in [2.45, 2.75) is 38.5 Å². The minimum atomic E-state index is -2.51. The molecule has 6 rings (SSSR count). The van der Waals surface area contributed by atoms with Crippen LogP contribution in [0.5, 0.6) is 11.5 Å². The molecule has 6 nitrogen and oxygen atoms in total. The third-order valence-corrected chi connectivity index (χ3v) is 6.79. The molecule has 39 heavy (non-hydrogen) atoms. The Hall–Kier alpha value is -3.53. The Labute approximate surface area is 243 Å². The zero-order chi connectivity index (χ0) is 27.5. The van der Waals surface area contributed by atoms with Crippen molar-refractivity contribution in [1.29, 1.82) is 0 Å². The molecule has 0 atom stereocenters. The zero-order valence-corrected chi connectivity index (χ0v) is 25.9. The average molecular weight is 747 g/mol. The van der Waals surface area contributed by atoms with Crippen LogP contribution in [-0.4, -0.2) is 22.6 Å². The summed E-state index contributed by atoms with van der Waals surface area (Å²) in [6.07, 6.45) is 10.8. The first kappa shape index (κ1) is 28.5. The fraction of sp³-hybridized carbons (Fsp3) is 0.188. The molecule has 4 N–H and O–H groups in total. The molecule has 0 amide bonds. The van der Waals surface area contributed by atoms with Gasteiger partial charge in [-0.05, 0) is 97.2 Å². The van der Waals surface area contributed by atoms with Crippen molar-refractivity contribution < 1.29 is 42.5 Å². The Bertz CT molecular complexity index is 1420. The van der Waals surface area contributed by atoms with Crippen molar-refractivity contribution in [2.75, 3.05) is 0 Å². The molecule has 2 aliphatic rings. The molecule has 0 aliphatic heterocycles. The zero-order valence-electron chi connectivity index (χ0n) is 21.7. The molecule has 4 aromatic rings. The summed E-state index contributed by atoms with van der Waals surface area (Å²) in [4.78, 5) is 8.94. The number of benzene rings is 4. The Morgan fingerprint density at radius 1 is 0.564 bits per heavy atom. The number of fused-ring (bicyclic) bond motifs is 2. The van der Waals surface area contributed by atoms with E-state index >= 15 is 0 Å². The Morgan fingerprint density at radius 3 is 1.36 bits per heavy atom. The number of rotatable bonds is 4. The molecule has 0 unspecified atom stereocenters. The van der Waals surface area contributed by atoms with Crippen LogP contribution in [0.4, 0.5) is 11.4 Å². The van der Waals surface area contributed by atoms with Gasteiger partial charge in [-0.2, -0.15) is 0 Å². The van der Waals surface area contributed by atoms with Crippen molar-refractivity contribution in [3.63, 3.8) is 0 Å². The van der Waals surface area contributed by atoms with Gasteiger partial charge in [0.25, 0.3) is 11.5 Å². The van der Waals surface area contributed by atoms with Gasteiger partial charge in [0.15, 0.2) is 0 Å². The number of para-hydroxylation sites is 2. The van der Waals surface area contributed by atoms with Crippen LogP contribution >= 0.6 is 0 Å². The summed E-state index contributed by atoms with van der Waals surface area (Å²) in [6, 6.07) is 27.8. The van der Waals surface area contributed by atoms with Crippen molar-refractivity contribution >= 4 is 23.8 Å². The molecule has 0 radical (unpaired) electrons. The molecule has 0 heterocycles. The second-order valence-electron chi connectivity index (χ2n) is 9.39. The molecular weight excluding hydrogens is 714 g/mol. The van der Waals surface area contributed by atoms with E-state index in [0.717, 1.165) is 22.5 Å². The van der Waals surface area contributed by atoms with E-state index in [1.54, 1.807) is 24.6 Å². The second-order valence-corrected chi connectivity index (χ2v) is 10.1. The van der Waals surface area contributed by atoms with Crippen LogP contribution in [0.25, 0.3) is 0 Å². The molecule has 0 saturated carbocycles. The normalized spacial score (nSPS) is 13.1. The molecule has 0 bridgehead atoms. The molecule has 0 spiro atoms. The van der Waals surface area contributed by atoms with Crippen LogP contribution in [0.1, 0.15) is 46.2 Å². The number of hydrogen-bond donors (Lipinski definition) is 0. The maximum absolute atomic E-state index is 8.58. The Morgan fingerprint density at radius 2 is 0.949 bits per heavy atom. The Kier molecular flexibility index (Phi) is 10.6. The monoisotopic (exact) mass is 746 g/mol. The van der Waals surface area contributed by atoms with E-state index in [2.05, 4.69) is 46.4 Å². The molecule has 0 aromatic heterocycles. The number of aryl methyl sites for hydroxylation is 4. The van der Waals surface area contributed by atoms with Crippen LogP contribution in [0.2, 0.25) is 0 Å². The van der Waals surface area contributed by atoms with Crippen molar-refractivity contribution in [2.24, 2.45) is 9.98 Å². The number of nitrogens with zero attached hydrogens (tertiary/aromatic N) is 2. The second kappa shape index (κ2) is 14.6. The van der Waals surface area contributed by atoms with Crippen LogP contribution in [0.15, 0.2) is 94.9 Å². The van der Waals surface area contributed by atoms with E-state index < -0.39 is 27.8 Å². The van der Waals surface area contributed by atoms with E-state index in [0.29, 0.717) is 11.5 Å². The van der Waals surface area contributed by atoms with Gasteiger partial charge in [-0.25, -0.2) is 0 Å². The van der Waals surface area contributed by atoms with Gasteiger partial charge in [-0.15, -0.1) is 0 Å². The predicted molar refractivity (Wildman–Crippen MR) is 152 cm³/mol. The van der Waals surface area contributed by atoms with Crippen LogP contribution in [0, 0.1) is 27.8 Å². The molecule has 7 heteroatoms. The summed E-state index contributed by atoms with van der Waals surface area (Å²) in [5.74, 6) is 1.03. The number of aliphatic imine (C=N–C) groups is 2. The van der Waals surface area contributed by atoms with Gasteiger partial charge in [0.1, 0.15) is 0 Å². The van der Waals surface area contributed by atoms with Crippen molar-refractivity contribution in [3.05, 3.63) is 118 Å². The topological polar surface area (TPSA) is 105 Å². The summed E-state index contributed by atoms with van der Waals surface area (Å²) in [6.45, 7) is 0. The van der Waals surface area contributed by atoms with Crippen molar-refractivity contribution in [3.8, 4) is 11.5 Å². The minimum absolute atomic E-state index is 0.516. The fourth-order valence-corrected chi connectivity index (χ4v) is 4.78. The van der Waals surface area contributed by atoms with E-state index in [1.807, 2.05) is 36.4 Å². The van der Waals surface area contributed by atoms with Crippen LogP contribution in [0.3, 0.4) is 0 Å². The number of hydrogen-bond acceptors (Lipinski definition) is 4. The summed E-state index contributed by atoms with van der Waals surface area (Å²) in [7, 11) is 0. The summed E-state index contributed by atoms with van der Waals surface area (Å²) in [5.41, 5.74) is 9.49. The van der Waals surface area contributed by atoms with Gasteiger partial charge in [0.2, 0.25) is 0 Å². The van der Waals surface area contributed by atoms with Crippen LogP contribution < -0.4 is 0 Å². The Balaban J connectivity index is 0.000000165. The molecule has 2 aliphatic carbocycles. The summed E-state index contributed by atoms with van der Waals surface area (Å²) < 4.78 is 17.2. The van der Waals surface area contributed by atoms with Gasteiger partial charge in [0.05, 0.1) is 22.5 Å². The van der Waals surface area contributed by atoms with Crippen molar-refractivity contribution in [1.82, 2.24) is 0 Å². The van der Waals surface area contributed by atoms with E-state index in [1.165, 1.54) is 60.8 Å². The van der Waals surface area contributed by atoms with Gasteiger partial charge >= 0.3 is 32.3 Å². The standard InChI is InChI=1S/2C16H15NO.2O.U/c2*18-16-7-2-1-4-14(16)11-17-15-9-8-12-5-3-6-13(12)10-15;;;/h2*1-2,4,7-11,18H,3,5-6H2;;;/q;;;;+2/p+2. The van der Waals surface area contributed by atoms with Crippen LogP contribution in [-0.2, 0) is 30.2 Å². The fourth-order valence-electron chi connectivity index (χ4n) is 4.78. The summed E-state index contributed by atoms with van der Waals surface area (Å²) >= 11 is -2.51.